The summed E-state index contributed by atoms with van der Waals surface area (Å²) in [5.41, 5.74) is 1.07. The first-order valence-electron chi connectivity index (χ1n) is 6.77. The number of aromatic hydroxyl groups is 2. The van der Waals surface area contributed by atoms with Crippen LogP contribution in [-0.4, -0.2) is 28.1 Å². The number of cyclic esters (lactones) is 1. The molecule has 1 aromatic carbocycles. The van der Waals surface area contributed by atoms with E-state index >= 15 is 0 Å². The van der Waals surface area contributed by atoms with Crippen molar-refractivity contribution in [1.29, 1.82) is 0 Å². The van der Waals surface area contributed by atoms with Gasteiger partial charge < -0.3 is 14.9 Å². The number of esters is 1. The Balaban J connectivity index is 2.08. The normalized spacial score (nSPS) is 21.0. The third-order valence-corrected chi connectivity index (χ3v) is 3.35. The van der Waals surface area contributed by atoms with Crippen LogP contribution in [0.1, 0.15) is 37.0 Å². The summed E-state index contributed by atoms with van der Waals surface area (Å²) in [5, 5.41) is 19.0. The first-order chi connectivity index (χ1) is 9.86. The van der Waals surface area contributed by atoms with Gasteiger partial charge in [-0.05, 0) is 38.1 Å². The minimum atomic E-state index is -0.514. The summed E-state index contributed by atoms with van der Waals surface area (Å²) in [6.45, 7) is 3.83. The van der Waals surface area contributed by atoms with Crippen LogP contribution in [0.25, 0.3) is 0 Å². The molecule has 1 aromatic rings. The Labute approximate surface area is 122 Å². The van der Waals surface area contributed by atoms with Crippen LogP contribution >= 0.6 is 0 Å². The summed E-state index contributed by atoms with van der Waals surface area (Å²) in [5.74, 6) is -1.61. The molecule has 1 saturated heterocycles. The summed E-state index contributed by atoms with van der Waals surface area (Å²) in [6.07, 6.45) is 1.98. The second-order valence-electron chi connectivity index (χ2n) is 5.48. The van der Waals surface area contributed by atoms with Crippen molar-refractivity contribution in [1.82, 2.24) is 0 Å². The van der Waals surface area contributed by atoms with E-state index in [9.17, 15) is 19.8 Å². The van der Waals surface area contributed by atoms with Gasteiger partial charge >= 0.3 is 5.97 Å². The first kappa shape index (κ1) is 15.1. The van der Waals surface area contributed by atoms with E-state index in [4.69, 9.17) is 4.74 Å². The van der Waals surface area contributed by atoms with E-state index in [1.807, 2.05) is 19.9 Å². The Hall–Kier alpha value is -2.30. The molecule has 0 amide bonds. The zero-order valence-corrected chi connectivity index (χ0v) is 12.0. The molecule has 5 heteroatoms. The molecule has 0 bridgehead atoms. The van der Waals surface area contributed by atoms with Gasteiger partial charge in [0, 0.05) is 12.8 Å². The molecule has 1 fully saturated rings. The van der Waals surface area contributed by atoms with Crippen molar-refractivity contribution in [3.05, 3.63) is 35.4 Å². The fourth-order valence-corrected chi connectivity index (χ4v) is 2.39. The fourth-order valence-electron chi connectivity index (χ4n) is 2.39. The second-order valence-corrected chi connectivity index (χ2v) is 5.48. The molecule has 2 unspecified atom stereocenters. The maximum atomic E-state index is 12.2. The topological polar surface area (TPSA) is 83.8 Å². The SMILES string of the molecule is CC(C)=CC1CC(CC(=O)c2cc(O)ccc2O)C(=O)O1. The van der Waals surface area contributed by atoms with Crippen molar-refractivity contribution >= 4 is 11.8 Å². The number of carbonyl (C=O) groups is 2. The Morgan fingerprint density at radius 2 is 2.10 bits per heavy atom. The molecule has 5 nitrogen and oxygen atoms in total. The van der Waals surface area contributed by atoms with Gasteiger partial charge in [0.25, 0.3) is 0 Å². The van der Waals surface area contributed by atoms with Crippen LogP contribution in [0.4, 0.5) is 0 Å². The number of hydrogen-bond acceptors (Lipinski definition) is 5. The van der Waals surface area contributed by atoms with Crippen molar-refractivity contribution in [2.75, 3.05) is 0 Å². The number of hydrogen-bond donors (Lipinski definition) is 2. The van der Waals surface area contributed by atoms with Crippen LogP contribution < -0.4 is 0 Å². The Morgan fingerprint density at radius 1 is 1.38 bits per heavy atom. The van der Waals surface area contributed by atoms with Crippen molar-refractivity contribution in [2.45, 2.75) is 32.8 Å². The number of ketones is 1. The van der Waals surface area contributed by atoms with E-state index < -0.39 is 11.9 Å². The fraction of sp³-hybridized carbons (Fsp3) is 0.375. The summed E-state index contributed by atoms with van der Waals surface area (Å²) >= 11 is 0. The molecule has 112 valence electrons. The number of allylic oxidation sites excluding steroid dienone is 1. The lowest BCUT2D eigenvalue weighted by Crippen LogP contribution is -2.13. The van der Waals surface area contributed by atoms with Crippen LogP contribution in [0.2, 0.25) is 0 Å². The number of Topliss-reactive ketones (excluding diaryl/α,β-unsaturated/α-hetero) is 1. The zero-order chi connectivity index (χ0) is 15.6. The van der Waals surface area contributed by atoms with Crippen LogP contribution in [0.5, 0.6) is 11.5 Å². The first-order valence-corrected chi connectivity index (χ1v) is 6.77. The smallest absolute Gasteiger partial charge is 0.310 e. The number of rotatable bonds is 4. The van der Waals surface area contributed by atoms with Crippen LogP contribution in [-0.2, 0) is 9.53 Å². The van der Waals surface area contributed by atoms with Gasteiger partial charge in [-0.3, -0.25) is 9.59 Å². The Morgan fingerprint density at radius 3 is 2.76 bits per heavy atom. The van der Waals surface area contributed by atoms with Gasteiger partial charge in [0.1, 0.15) is 17.6 Å². The molecule has 2 N–H and O–H groups in total. The number of phenols is 2. The van der Waals surface area contributed by atoms with Gasteiger partial charge in [0.05, 0.1) is 11.5 Å². The minimum Gasteiger partial charge on any atom is -0.508 e. The van der Waals surface area contributed by atoms with Crippen molar-refractivity contribution < 1.29 is 24.5 Å². The van der Waals surface area contributed by atoms with Gasteiger partial charge in [-0.2, -0.15) is 0 Å². The molecule has 2 rings (SSSR count). The van der Waals surface area contributed by atoms with E-state index in [-0.39, 0.29) is 35.4 Å². The lowest BCUT2D eigenvalue weighted by Gasteiger charge is -2.07. The predicted molar refractivity (Wildman–Crippen MR) is 76.1 cm³/mol. The molecule has 0 spiro atoms. The highest BCUT2D eigenvalue weighted by atomic mass is 16.5. The van der Waals surface area contributed by atoms with Gasteiger partial charge in [0.2, 0.25) is 0 Å². The van der Waals surface area contributed by atoms with E-state index in [0.717, 1.165) is 5.57 Å². The van der Waals surface area contributed by atoms with E-state index in [1.165, 1.54) is 18.2 Å². The summed E-state index contributed by atoms with van der Waals surface area (Å²) in [7, 11) is 0. The van der Waals surface area contributed by atoms with Gasteiger partial charge in [-0.15, -0.1) is 0 Å². The molecule has 1 heterocycles. The third kappa shape index (κ3) is 3.62. The average molecular weight is 290 g/mol. The van der Waals surface area contributed by atoms with E-state index in [1.54, 1.807) is 0 Å². The average Bonchev–Trinajstić information content (AvgIpc) is 2.71. The minimum absolute atomic E-state index is 0.0217. The van der Waals surface area contributed by atoms with Gasteiger partial charge in [-0.25, -0.2) is 0 Å². The predicted octanol–water partition coefficient (Wildman–Crippen LogP) is 2.57. The largest absolute Gasteiger partial charge is 0.508 e. The highest BCUT2D eigenvalue weighted by Gasteiger charge is 2.35. The summed E-state index contributed by atoms with van der Waals surface area (Å²) in [4.78, 5) is 23.9. The van der Waals surface area contributed by atoms with Crippen molar-refractivity contribution in [2.24, 2.45) is 5.92 Å². The van der Waals surface area contributed by atoms with Gasteiger partial charge in [-0.1, -0.05) is 5.57 Å². The van der Waals surface area contributed by atoms with Crippen molar-refractivity contribution in [3.8, 4) is 11.5 Å². The quantitative estimate of drug-likeness (QED) is 0.385. The number of benzene rings is 1. The molecule has 0 radical (unpaired) electrons. The molecule has 2 atom stereocenters. The number of ether oxygens (including phenoxy) is 1. The molecular weight excluding hydrogens is 272 g/mol. The standard InChI is InChI=1S/C16H18O5/c1-9(2)5-12-6-10(16(20)21-12)7-15(19)13-8-11(17)3-4-14(13)18/h3-5,8,10,12,17-18H,6-7H2,1-2H3. The number of carbonyl (C=O) groups excluding carboxylic acids is 2. The molecule has 0 aromatic heterocycles. The molecule has 0 saturated carbocycles. The lowest BCUT2D eigenvalue weighted by molar-refractivity contribution is -0.143. The number of phenolic OH excluding ortho intramolecular Hbond substituents is 2. The third-order valence-electron chi connectivity index (χ3n) is 3.35. The van der Waals surface area contributed by atoms with E-state index in [0.29, 0.717) is 6.42 Å². The molecular formula is C16H18O5. The Kier molecular flexibility index (Phi) is 4.31. The Bertz CT molecular complexity index is 599. The van der Waals surface area contributed by atoms with E-state index in [2.05, 4.69) is 0 Å². The second kappa shape index (κ2) is 5.99. The monoisotopic (exact) mass is 290 g/mol. The highest BCUT2D eigenvalue weighted by molar-refractivity contribution is 6.00. The molecule has 0 aliphatic carbocycles. The molecule has 21 heavy (non-hydrogen) atoms. The zero-order valence-electron chi connectivity index (χ0n) is 12.0. The summed E-state index contributed by atoms with van der Waals surface area (Å²) in [6, 6.07) is 3.74. The maximum absolute atomic E-state index is 12.2. The molecule has 1 aliphatic heterocycles. The van der Waals surface area contributed by atoms with Crippen LogP contribution in [0.3, 0.4) is 0 Å². The van der Waals surface area contributed by atoms with Crippen LogP contribution in [0.15, 0.2) is 29.8 Å². The van der Waals surface area contributed by atoms with Gasteiger partial charge in [0.15, 0.2) is 5.78 Å². The highest BCUT2D eigenvalue weighted by Crippen LogP contribution is 2.30. The molecule has 1 aliphatic rings. The lowest BCUT2D eigenvalue weighted by atomic mass is 9.94. The van der Waals surface area contributed by atoms with Crippen LogP contribution in [0, 0.1) is 5.92 Å². The van der Waals surface area contributed by atoms with Crippen molar-refractivity contribution in [3.63, 3.8) is 0 Å². The maximum Gasteiger partial charge on any atom is 0.310 e. The summed E-state index contributed by atoms with van der Waals surface area (Å²) < 4.78 is 5.20.